The molecule has 0 saturated carbocycles. The van der Waals surface area contributed by atoms with Crippen molar-refractivity contribution in [3.05, 3.63) is 101 Å². The Morgan fingerprint density at radius 1 is 0.821 bits per heavy atom. The number of hydrogen-bond acceptors (Lipinski definition) is 4. The van der Waals surface area contributed by atoms with E-state index < -0.39 is 26.8 Å². The zero-order valence-corrected chi connectivity index (χ0v) is 16.0. The van der Waals surface area contributed by atoms with Crippen molar-refractivity contribution in [2.75, 3.05) is 0 Å². The number of benzene rings is 3. The summed E-state index contributed by atoms with van der Waals surface area (Å²) in [6.07, 6.45) is -0.589. The highest BCUT2D eigenvalue weighted by Crippen LogP contribution is 2.63. The van der Waals surface area contributed by atoms with Crippen molar-refractivity contribution in [1.29, 1.82) is 0 Å². The maximum Gasteiger partial charge on any atom is 0.200 e. The molecule has 2 aliphatic rings. The van der Waals surface area contributed by atoms with Crippen LogP contribution in [0.3, 0.4) is 0 Å². The molecule has 0 amide bonds. The number of aryl methyl sites for hydroxylation is 1. The van der Waals surface area contributed by atoms with Crippen LogP contribution in [0.25, 0.3) is 0 Å². The molecule has 1 saturated heterocycles. The van der Waals surface area contributed by atoms with Crippen molar-refractivity contribution in [3.63, 3.8) is 0 Å². The summed E-state index contributed by atoms with van der Waals surface area (Å²) in [5.74, 6) is -0.266. The minimum atomic E-state index is -3.81. The molecular formula is C23H18O4S. The molecule has 5 rings (SSSR count). The van der Waals surface area contributed by atoms with Crippen molar-refractivity contribution >= 4 is 15.6 Å². The van der Waals surface area contributed by atoms with Gasteiger partial charge in [-0.3, -0.25) is 4.79 Å². The molecule has 1 spiro atoms. The Morgan fingerprint density at radius 2 is 1.46 bits per heavy atom. The van der Waals surface area contributed by atoms with Gasteiger partial charge in [0.1, 0.15) is 11.4 Å². The molecular weight excluding hydrogens is 372 g/mol. The summed E-state index contributed by atoms with van der Waals surface area (Å²) in [4.78, 5) is 13.6. The number of rotatable bonds is 2. The third-order valence-electron chi connectivity index (χ3n) is 5.62. The van der Waals surface area contributed by atoms with Crippen LogP contribution >= 0.6 is 0 Å². The predicted molar refractivity (Wildman–Crippen MR) is 105 cm³/mol. The number of sulfone groups is 1. The van der Waals surface area contributed by atoms with Crippen LogP contribution in [-0.4, -0.2) is 19.8 Å². The fraction of sp³-hybridized carbons (Fsp3) is 0.174. The molecule has 0 bridgehead atoms. The molecule has 4 nitrogen and oxygen atoms in total. The van der Waals surface area contributed by atoms with Gasteiger partial charge in [0.2, 0.25) is 5.78 Å². The number of ether oxygens (including phenoxy) is 1. The van der Waals surface area contributed by atoms with Gasteiger partial charge in [0, 0.05) is 5.56 Å². The SMILES string of the molecule is Cc1ccc([C@H]2O[C@]23C(=O)c2ccccc2S(=O)(=O)[C@H]3c2ccccc2)cc1. The Bertz CT molecular complexity index is 1180. The molecule has 3 aromatic carbocycles. The van der Waals surface area contributed by atoms with Crippen molar-refractivity contribution in [3.8, 4) is 0 Å². The minimum absolute atomic E-state index is 0.0811. The first-order chi connectivity index (χ1) is 13.5. The van der Waals surface area contributed by atoms with Gasteiger partial charge < -0.3 is 4.74 Å². The first kappa shape index (κ1) is 17.3. The second kappa shape index (κ2) is 5.87. The summed E-state index contributed by atoms with van der Waals surface area (Å²) < 4.78 is 33.2. The summed E-state index contributed by atoms with van der Waals surface area (Å²) in [6.45, 7) is 1.98. The fourth-order valence-corrected chi connectivity index (χ4v) is 6.49. The van der Waals surface area contributed by atoms with Crippen LogP contribution in [0, 0.1) is 6.92 Å². The van der Waals surface area contributed by atoms with E-state index in [1.165, 1.54) is 6.07 Å². The largest absolute Gasteiger partial charge is 0.350 e. The lowest BCUT2D eigenvalue weighted by atomic mass is 9.84. The van der Waals surface area contributed by atoms with E-state index in [4.69, 9.17) is 4.74 Å². The quantitative estimate of drug-likeness (QED) is 0.615. The second-order valence-electron chi connectivity index (χ2n) is 7.36. The van der Waals surface area contributed by atoms with Crippen LogP contribution in [0.15, 0.2) is 83.8 Å². The maximum absolute atomic E-state index is 13.6. The first-order valence-electron chi connectivity index (χ1n) is 9.13. The van der Waals surface area contributed by atoms with Gasteiger partial charge in [-0.25, -0.2) is 8.42 Å². The molecule has 3 aromatic rings. The molecule has 2 heterocycles. The van der Waals surface area contributed by atoms with Crippen LogP contribution in [0.5, 0.6) is 0 Å². The van der Waals surface area contributed by atoms with E-state index in [0.717, 1.165) is 11.1 Å². The number of hydrogen-bond donors (Lipinski definition) is 0. The molecule has 2 aliphatic heterocycles. The molecule has 0 unspecified atom stereocenters. The van der Waals surface area contributed by atoms with E-state index in [-0.39, 0.29) is 16.2 Å². The molecule has 0 aromatic heterocycles. The molecule has 0 radical (unpaired) electrons. The monoisotopic (exact) mass is 390 g/mol. The van der Waals surface area contributed by atoms with Gasteiger partial charge in [-0.15, -0.1) is 0 Å². The molecule has 0 aliphatic carbocycles. The Balaban J connectivity index is 1.75. The molecule has 28 heavy (non-hydrogen) atoms. The first-order valence-corrected chi connectivity index (χ1v) is 10.7. The lowest BCUT2D eigenvalue weighted by Crippen LogP contribution is -2.42. The number of carbonyl (C=O) groups excluding carboxylic acids is 1. The number of ketones is 1. The highest BCUT2D eigenvalue weighted by Gasteiger charge is 2.73. The highest BCUT2D eigenvalue weighted by molar-refractivity contribution is 7.92. The summed E-state index contributed by atoms with van der Waals surface area (Å²) >= 11 is 0. The normalized spacial score (nSPS) is 27.4. The molecule has 140 valence electrons. The average Bonchev–Trinajstić information content (AvgIpc) is 3.43. The summed E-state index contributed by atoms with van der Waals surface area (Å²) in [7, 11) is -3.81. The average molecular weight is 390 g/mol. The van der Waals surface area contributed by atoms with E-state index in [2.05, 4.69) is 0 Å². The zero-order chi connectivity index (χ0) is 19.5. The van der Waals surface area contributed by atoms with Crippen molar-refractivity contribution in [1.82, 2.24) is 0 Å². The second-order valence-corrected chi connectivity index (χ2v) is 9.36. The van der Waals surface area contributed by atoms with Crippen molar-refractivity contribution < 1.29 is 17.9 Å². The van der Waals surface area contributed by atoms with E-state index in [9.17, 15) is 13.2 Å². The van der Waals surface area contributed by atoms with Crippen LogP contribution in [0.2, 0.25) is 0 Å². The summed E-state index contributed by atoms with van der Waals surface area (Å²) in [5, 5.41) is -1.07. The van der Waals surface area contributed by atoms with Crippen LogP contribution in [0.1, 0.15) is 38.4 Å². The Morgan fingerprint density at radius 3 is 2.18 bits per heavy atom. The van der Waals surface area contributed by atoms with E-state index in [0.29, 0.717) is 5.56 Å². The third-order valence-corrected chi connectivity index (χ3v) is 7.83. The van der Waals surface area contributed by atoms with Crippen LogP contribution < -0.4 is 0 Å². The predicted octanol–water partition coefficient (Wildman–Crippen LogP) is 4.22. The van der Waals surface area contributed by atoms with Gasteiger partial charge in [-0.05, 0) is 30.2 Å². The van der Waals surface area contributed by atoms with Gasteiger partial charge >= 0.3 is 0 Å². The third kappa shape index (κ3) is 2.26. The van der Waals surface area contributed by atoms with Gasteiger partial charge in [-0.2, -0.15) is 0 Å². The van der Waals surface area contributed by atoms with Gasteiger partial charge in [0.05, 0.1) is 4.90 Å². The summed E-state index contributed by atoms with van der Waals surface area (Å²) in [6, 6.07) is 23.0. The highest BCUT2D eigenvalue weighted by atomic mass is 32.2. The molecule has 1 fully saturated rings. The molecule has 5 heteroatoms. The lowest BCUT2D eigenvalue weighted by molar-refractivity contribution is 0.0856. The van der Waals surface area contributed by atoms with Crippen molar-refractivity contribution in [2.24, 2.45) is 0 Å². The van der Waals surface area contributed by atoms with Crippen molar-refractivity contribution in [2.45, 2.75) is 28.8 Å². The fourth-order valence-electron chi connectivity index (χ4n) is 4.23. The Hall–Kier alpha value is -2.76. The zero-order valence-electron chi connectivity index (χ0n) is 15.2. The number of fused-ring (bicyclic) bond motifs is 1. The van der Waals surface area contributed by atoms with E-state index >= 15 is 0 Å². The summed E-state index contributed by atoms with van der Waals surface area (Å²) in [5.41, 5.74) is 1.26. The van der Waals surface area contributed by atoms with Crippen LogP contribution in [-0.2, 0) is 14.6 Å². The Kier molecular flexibility index (Phi) is 3.63. The van der Waals surface area contributed by atoms with Crippen LogP contribution in [0.4, 0.5) is 0 Å². The standard InChI is InChI=1S/C23H18O4S/c1-15-11-13-16(14-12-15)21-23(27-21)20(24)18-9-5-6-10-19(18)28(25,26)22(23)17-7-3-2-4-8-17/h2-14,21-22H,1H3/t21-,22+,23-/m1/s1. The van der Waals surface area contributed by atoms with Gasteiger partial charge in [0.15, 0.2) is 15.4 Å². The maximum atomic E-state index is 13.6. The number of carbonyl (C=O) groups is 1. The van der Waals surface area contributed by atoms with Gasteiger partial charge in [-0.1, -0.05) is 72.3 Å². The molecule has 3 atom stereocenters. The smallest absolute Gasteiger partial charge is 0.200 e. The Labute approximate surface area is 163 Å². The molecule has 0 N–H and O–H groups in total. The number of epoxide rings is 1. The van der Waals surface area contributed by atoms with E-state index in [1.54, 1.807) is 42.5 Å². The topological polar surface area (TPSA) is 63.7 Å². The number of Topliss-reactive ketones (excluding diaryl/α,β-unsaturated/α-hetero) is 1. The lowest BCUT2D eigenvalue weighted by Gasteiger charge is -2.30. The van der Waals surface area contributed by atoms with Gasteiger partial charge in [0.25, 0.3) is 0 Å². The van der Waals surface area contributed by atoms with E-state index in [1.807, 2.05) is 37.3 Å². The minimum Gasteiger partial charge on any atom is -0.350 e.